The molecule has 108 valence electrons. The first kappa shape index (κ1) is 14.7. The summed E-state index contributed by atoms with van der Waals surface area (Å²) in [5.41, 5.74) is 0.943. The van der Waals surface area contributed by atoms with E-state index in [-0.39, 0.29) is 18.5 Å². The van der Waals surface area contributed by atoms with Crippen molar-refractivity contribution in [2.45, 2.75) is 33.4 Å². The number of fused-ring (bicyclic) bond motifs is 1. The van der Waals surface area contributed by atoms with Gasteiger partial charge in [0.15, 0.2) is 5.58 Å². The van der Waals surface area contributed by atoms with Crippen LogP contribution in [0.15, 0.2) is 27.4 Å². The number of nitrogens with one attached hydrogen (secondary N) is 1. The van der Waals surface area contributed by atoms with Gasteiger partial charge in [0.1, 0.15) is 6.54 Å². The summed E-state index contributed by atoms with van der Waals surface area (Å²) in [7, 11) is 0. The molecule has 0 saturated carbocycles. The van der Waals surface area contributed by atoms with Gasteiger partial charge in [0.2, 0.25) is 5.91 Å². The third-order valence-corrected chi connectivity index (χ3v) is 3.56. The Labute approximate surface area is 121 Å². The molecule has 0 aliphatic rings. The summed E-state index contributed by atoms with van der Waals surface area (Å²) in [6.45, 7) is 5.90. The average Bonchev–Trinajstić information content (AvgIpc) is 2.64. The van der Waals surface area contributed by atoms with Gasteiger partial charge in [0, 0.05) is 17.1 Å². The Hall–Kier alpha value is -1.75. The van der Waals surface area contributed by atoms with E-state index in [1.165, 1.54) is 4.57 Å². The van der Waals surface area contributed by atoms with Gasteiger partial charge in [-0.15, -0.1) is 0 Å². The van der Waals surface area contributed by atoms with Gasteiger partial charge in [-0.3, -0.25) is 9.36 Å². The summed E-state index contributed by atoms with van der Waals surface area (Å²) >= 11 is 5.84. The van der Waals surface area contributed by atoms with Gasteiger partial charge in [0.05, 0.1) is 5.52 Å². The van der Waals surface area contributed by atoms with Gasteiger partial charge in [-0.2, -0.15) is 0 Å². The largest absolute Gasteiger partial charge is 0.420 e. The van der Waals surface area contributed by atoms with Crippen molar-refractivity contribution in [1.82, 2.24) is 9.88 Å². The lowest BCUT2D eigenvalue weighted by atomic mass is 10.1. The van der Waals surface area contributed by atoms with Crippen molar-refractivity contribution in [3.8, 4) is 0 Å². The predicted molar refractivity (Wildman–Crippen MR) is 77.9 cm³/mol. The van der Waals surface area contributed by atoms with Crippen LogP contribution in [0.5, 0.6) is 0 Å². The van der Waals surface area contributed by atoms with Crippen LogP contribution in [0.3, 0.4) is 0 Å². The maximum atomic E-state index is 11.9. The van der Waals surface area contributed by atoms with Gasteiger partial charge in [0.25, 0.3) is 0 Å². The summed E-state index contributed by atoms with van der Waals surface area (Å²) < 4.78 is 6.38. The van der Waals surface area contributed by atoms with E-state index in [0.29, 0.717) is 22.0 Å². The van der Waals surface area contributed by atoms with E-state index in [2.05, 4.69) is 5.32 Å². The molecule has 1 unspecified atom stereocenters. The fourth-order valence-electron chi connectivity index (χ4n) is 1.80. The van der Waals surface area contributed by atoms with Crippen LogP contribution in [0.25, 0.3) is 11.1 Å². The van der Waals surface area contributed by atoms with Crippen molar-refractivity contribution >= 4 is 28.6 Å². The van der Waals surface area contributed by atoms with Crippen LogP contribution < -0.4 is 11.1 Å². The van der Waals surface area contributed by atoms with Crippen molar-refractivity contribution in [2.75, 3.05) is 0 Å². The minimum absolute atomic E-state index is 0.0470. The lowest BCUT2D eigenvalue weighted by Gasteiger charge is -2.17. The fraction of sp³-hybridized carbons (Fsp3) is 0.429. The van der Waals surface area contributed by atoms with Crippen LogP contribution in [0.4, 0.5) is 0 Å². The monoisotopic (exact) mass is 296 g/mol. The zero-order chi connectivity index (χ0) is 14.9. The topological polar surface area (TPSA) is 64.2 Å². The Bertz CT molecular complexity index is 687. The van der Waals surface area contributed by atoms with Crippen LogP contribution in [-0.2, 0) is 11.3 Å². The lowest BCUT2D eigenvalue weighted by Crippen LogP contribution is -2.39. The zero-order valence-electron chi connectivity index (χ0n) is 11.6. The first-order chi connectivity index (χ1) is 9.38. The Morgan fingerprint density at radius 2 is 2.10 bits per heavy atom. The number of carbonyl (C=O) groups is 1. The molecule has 0 spiro atoms. The first-order valence-corrected chi connectivity index (χ1v) is 6.84. The number of halogens is 1. The molecular formula is C14H17ClN2O3. The van der Waals surface area contributed by atoms with Crippen molar-refractivity contribution in [3.05, 3.63) is 33.8 Å². The molecule has 0 aliphatic heterocycles. The van der Waals surface area contributed by atoms with Gasteiger partial charge in [-0.25, -0.2) is 4.79 Å². The Balaban J connectivity index is 2.24. The van der Waals surface area contributed by atoms with Crippen molar-refractivity contribution in [1.29, 1.82) is 0 Å². The molecule has 1 aromatic carbocycles. The van der Waals surface area contributed by atoms with Gasteiger partial charge >= 0.3 is 5.76 Å². The SMILES string of the molecule is CC(C)C(C)NC(=O)Cn1c(=O)oc2cc(Cl)ccc21. The number of nitrogens with zero attached hydrogens (tertiary/aromatic N) is 1. The molecule has 1 aromatic heterocycles. The number of rotatable bonds is 4. The summed E-state index contributed by atoms with van der Waals surface area (Å²) in [5, 5.41) is 3.34. The number of amides is 1. The molecule has 1 atom stereocenters. The standard InChI is InChI=1S/C14H17ClN2O3/c1-8(2)9(3)16-13(18)7-17-11-5-4-10(15)6-12(11)20-14(17)19/h4-6,8-9H,7H2,1-3H3,(H,16,18). The van der Waals surface area contributed by atoms with E-state index in [0.717, 1.165) is 0 Å². The molecular weight excluding hydrogens is 280 g/mol. The highest BCUT2D eigenvalue weighted by atomic mass is 35.5. The summed E-state index contributed by atoms with van der Waals surface area (Å²) in [6.07, 6.45) is 0. The molecule has 0 aliphatic carbocycles. The van der Waals surface area contributed by atoms with Crippen LogP contribution >= 0.6 is 11.6 Å². The van der Waals surface area contributed by atoms with Crippen LogP contribution in [-0.4, -0.2) is 16.5 Å². The summed E-state index contributed by atoms with van der Waals surface area (Å²) in [6, 6.07) is 4.93. The number of carbonyl (C=O) groups excluding carboxylic acids is 1. The Morgan fingerprint density at radius 1 is 1.40 bits per heavy atom. The highest BCUT2D eigenvalue weighted by molar-refractivity contribution is 6.31. The minimum Gasteiger partial charge on any atom is -0.408 e. The molecule has 0 radical (unpaired) electrons. The predicted octanol–water partition coefficient (Wildman–Crippen LogP) is 2.41. The molecule has 5 nitrogen and oxygen atoms in total. The van der Waals surface area contributed by atoms with E-state index >= 15 is 0 Å². The first-order valence-electron chi connectivity index (χ1n) is 6.46. The smallest absolute Gasteiger partial charge is 0.408 e. The van der Waals surface area contributed by atoms with E-state index in [4.69, 9.17) is 16.0 Å². The third kappa shape index (κ3) is 3.04. The number of benzene rings is 1. The lowest BCUT2D eigenvalue weighted by molar-refractivity contribution is -0.122. The Kier molecular flexibility index (Phi) is 4.18. The second-order valence-corrected chi connectivity index (χ2v) is 5.60. The minimum atomic E-state index is -0.561. The van der Waals surface area contributed by atoms with Crippen molar-refractivity contribution in [3.63, 3.8) is 0 Å². The molecule has 0 bridgehead atoms. The number of aromatic nitrogens is 1. The number of hydrogen-bond donors (Lipinski definition) is 1. The fourth-order valence-corrected chi connectivity index (χ4v) is 1.96. The molecule has 20 heavy (non-hydrogen) atoms. The van der Waals surface area contributed by atoms with E-state index in [1.807, 2.05) is 20.8 Å². The van der Waals surface area contributed by atoms with Crippen molar-refractivity contribution < 1.29 is 9.21 Å². The molecule has 1 N–H and O–H groups in total. The maximum absolute atomic E-state index is 11.9. The third-order valence-electron chi connectivity index (χ3n) is 3.32. The second-order valence-electron chi connectivity index (χ2n) is 5.17. The quantitative estimate of drug-likeness (QED) is 0.942. The van der Waals surface area contributed by atoms with E-state index in [1.54, 1.807) is 18.2 Å². The highest BCUT2D eigenvalue weighted by Gasteiger charge is 2.15. The molecule has 2 rings (SSSR count). The Morgan fingerprint density at radius 3 is 2.75 bits per heavy atom. The van der Waals surface area contributed by atoms with Crippen LogP contribution in [0.2, 0.25) is 5.02 Å². The molecule has 0 fully saturated rings. The van der Waals surface area contributed by atoms with E-state index < -0.39 is 5.76 Å². The number of oxazole rings is 1. The van der Waals surface area contributed by atoms with E-state index in [9.17, 15) is 9.59 Å². The summed E-state index contributed by atoms with van der Waals surface area (Å²) in [5.74, 6) is -0.448. The normalized spacial score (nSPS) is 12.8. The molecule has 6 heteroatoms. The molecule has 2 aromatic rings. The highest BCUT2D eigenvalue weighted by Crippen LogP contribution is 2.18. The second kappa shape index (κ2) is 5.71. The molecule has 0 saturated heterocycles. The van der Waals surface area contributed by atoms with Crippen molar-refractivity contribution in [2.24, 2.45) is 5.92 Å². The summed E-state index contributed by atoms with van der Waals surface area (Å²) in [4.78, 5) is 23.7. The number of hydrogen-bond acceptors (Lipinski definition) is 3. The average molecular weight is 297 g/mol. The van der Waals surface area contributed by atoms with Gasteiger partial charge in [-0.05, 0) is 25.0 Å². The molecule has 1 heterocycles. The molecule has 1 amide bonds. The maximum Gasteiger partial charge on any atom is 0.420 e. The van der Waals surface area contributed by atoms with Crippen LogP contribution in [0, 0.1) is 5.92 Å². The zero-order valence-corrected chi connectivity index (χ0v) is 12.4. The van der Waals surface area contributed by atoms with Gasteiger partial charge < -0.3 is 9.73 Å². The van der Waals surface area contributed by atoms with Crippen LogP contribution in [0.1, 0.15) is 20.8 Å². The van der Waals surface area contributed by atoms with Gasteiger partial charge in [-0.1, -0.05) is 25.4 Å².